The highest BCUT2D eigenvalue weighted by atomic mass is 16.5. The molecule has 2 heterocycles. The molecule has 0 spiro atoms. The molecule has 5 atom stereocenters. The molecular weight excluding hydrogens is 841 g/mol. The van der Waals surface area contributed by atoms with Crippen LogP contribution in [0.3, 0.4) is 0 Å². The molecular formula is C46H66N8O11. The average Bonchev–Trinajstić information content (AvgIpc) is 3.68. The van der Waals surface area contributed by atoms with Crippen molar-refractivity contribution in [3.63, 3.8) is 0 Å². The average molecular weight is 907 g/mol. The molecule has 1 aliphatic heterocycles. The molecule has 2 aromatic rings. The topological polar surface area (TPSA) is 297 Å². The molecule has 1 aromatic carbocycles. The number of amides is 7. The molecule has 7 amide bonds. The van der Waals surface area contributed by atoms with E-state index in [4.69, 9.17) is 10.5 Å². The van der Waals surface area contributed by atoms with Gasteiger partial charge in [0.05, 0.1) is 6.61 Å². The van der Waals surface area contributed by atoms with E-state index in [9.17, 15) is 48.3 Å². The molecule has 65 heavy (non-hydrogen) atoms. The van der Waals surface area contributed by atoms with Gasteiger partial charge in [0.15, 0.2) is 5.78 Å². The number of aromatic nitrogens is 1. The first-order chi connectivity index (χ1) is 31.2. The number of aromatic amines is 1. The van der Waals surface area contributed by atoms with Crippen molar-refractivity contribution in [2.45, 2.75) is 140 Å². The molecule has 19 heteroatoms. The van der Waals surface area contributed by atoms with Crippen LogP contribution in [0.1, 0.15) is 109 Å². The van der Waals surface area contributed by atoms with E-state index < -0.39 is 90.7 Å². The van der Waals surface area contributed by atoms with Crippen molar-refractivity contribution in [1.82, 2.24) is 36.9 Å². The summed E-state index contributed by atoms with van der Waals surface area (Å²) in [5.74, 6) is -6.38. The lowest BCUT2D eigenvalue weighted by Gasteiger charge is -2.27. The van der Waals surface area contributed by atoms with Gasteiger partial charge in [0.1, 0.15) is 36.8 Å². The number of esters is 1. The monoisotopic (exact) mass is 906 g/mol. The summed E-state index contributed by atoms with van der Waals surface area (Å²) in [5.41, 5.74) is 6.81. The van der Waals surface area contributed by atoms with Crippen molar-refractivity contribution in [1.29, 1.82) is 0 Å². The van der Waals surface area contributed by atoms with E-state index in [2.05, 4.69) is 49.9 Å². The molecule has 3 rings (SSSR count). The number of benzene rings is 1. The Morgan fingerprint density at radius 1 is 0.877 bits per heavy atom. The molecule has 0 aliphatic carbocycles. The van der Waals surface area contributed by atoms with Crippen molar-refractivity contribution in [3.05, 3.63) is 60.3 Å². The van der Waals surface area contributed by atoms with Crippen LogP contribution >= 0.6 is 0 Å². The number of unbranched alkanes of at least 4 members (excludes halogenated alkanes) is 7. The molecule has 1 aromatic heterocycles. The number of primary amides is 1. The number of nitrogens with two attached hydrogens (primary N) is 1. The Balaban J connectivity index is 1.63. The molecule has 0 saturated carbocycles. The second-order valence-corrected chi connectivity index (χ2v) is 16.0. The van der Waals surface area contributed by atoms with Gasteiger partial charge in [0.2, 0.25) is 41.4 Å². The third-order valence-electron chi connectivity index (χ3n) is 10.7. The molecule has 1 fully saturated rings. The number of nitrogens with one attached hydrogen (secondary N) is 7. The maximum Gasteiger partial charge on any atom is 0.325 e. The SMILES string of the molecule is CCCCC/C=C/C=C/C(=O)CCCCCCCC(=O)N[C@H](CCC(N)=O)C(=O)N[C@@H]1C(=O)NCCC(=O)N[C@H](Cc2c[nH]c3ccccc23)C(=O)N[C@H](CO)C(=O)NCC(=O)O[C@@H]1C. The summed E-state index contributed by atoms with van der Waals surface area (Å²) in [6.45, 7) is 1.56. The summed E-state index contributed by atoms with van der Waals surface area (Å²) in [4.78, 5) is 120. The summed E-state index contributed by atoms with van der Waals surface area (Å²) in [7, 11) is 0. The van der Waals surface area contributed by atoms with Gasteiger partial charge >= 0.3 is 5.97 Å². The number of aliphatic hydroxyl groups is 1. The largest absolute Gasteiger partial charge is 0.459 e. The fraction of sp³-hybridized carbons (Fsp3) is 0.543. The highest BCUT2D eigenvalue weighted by Gasteiger charge is 2.34. The molecule has 0 bridgehead atoms. The number of H-pyrrole nitrogens is 1. The number of ether oxygens (including phenoxy) is 1. The number of allylic oxidation sites excluding steroid dienone is 4. The van der Waals surface area contributed by atoms with Gasteiger partial charge in [-0.25, -0.2) is 0 Å². The van der Waals surface area contributed by atoms with Gasteiger partial charge in [-0.15, -0.1) is 0 Å². The summed E-state index contributed by atoms with van der Waals surface area (Å²) in [6.07, 6.45) is 15.2. The molecule has 1 saturated heterocycles. The predicted molar refractivity (Wildman–Crippen MR) is 241 cm³/mol. The minimum atomic E-state index is -1.59. The number of hydrogen-bond acceptors (Lipinski definition) is 11. The maximum atomic E-state index is 13.7. The van der Waals surface area contributed by atoms with Crippen LogP contribution in [-0.2, 0) is 54.3 Å². The first-order valence-electron chi connectivity index (χ1n) is 22.5. The van der Waals surface area contributed by atoms with Crippen LogP contribution in [0.15, 0.2) is 54.8 Å². The molecule has 19 nitrogen and oxygen atoms in total. The van der Waals surface area contributed by atoms with Gasteiger partial charge in [-0.1, -0.05) is 75.5 Å². The smallest absolute Gasteiger partial charge is 0.325 e. The standard InChI is InChI=1S/C46H66N8O11/c1-3-4-5-6-7-9-12-17-32(56)18-13-10-8-11-14-21-39(58)51-35(22-23-38(47)57)44(62)54-42-30(2)65-41(60)28-50-43(61)37(29-55)53-45(63)36(52-40(59)24-25-48-46(42)64)26-31-27-49-34-20-16-15-19-33(31)34/h7,9,12,15-17,19-20,27,30,35-37,42,49,55H,3-6,8,10-11,13-14,18,21-26,28-29H2,1-2H3,(H2,47,57)(H,48,64)(H,50,61)(H,51,58)(H,52,59)(H,53,63)(H,54,62)/b9-7+,17-12+/t30-,35-,36-,37-,42+/m1/s1. The maximum absolute atomic E-state index is 13.7. The molecule has 1 aliphatic rings. The van der Waals surface area contributed by atoms with Gasteiger partial charge in [-0.05, 0) is 56.7 Å². The summed E-state index contributed by atoms with van der Waals surface area (Å²) < 4.78 is 5.39. The highest BCUT2D eigenvalue weighted by molar-refractivity contribution is 5.95. The van der Waals surface area contributed by atoms with Crippen molar-refractivity contribution in [3.8, 4) is 0 Å². The van der Waals surface area contributed by atoms with E-state index in [0.29, 0.717) is 31.2 Å². The number of hydrogen-bond donors (Lipinski definition) is 9. The van der Waals surface area contributed by atoms with Crippen LogP contribution in [0.5, 0.6) is 0 Å². The lowest BCUT2D eigenvalue weighted by molar-refractivity contribution is -0.152. The first kappa shape index (κ1) is 53.0. The number of ketones is 1. The van der Waals surface area contributed by atoms with E-state index >= 15 is 0 Å². The fourth-order valence-electron chi connectivity index (χ4n) is 6.99. The van der Waals surface area contributed by atoms with Crippen molar-refractivity contribution >= 4 is 64.0 Å². The van der Waals surface area contributed by atoms with Crippen LogP contribution in [0, 0.1) is 0 Å². The number of fused-ring (bicyclic) bond motifs is 1. The van der Waals surface area contributed by atoms with Gasteiger partial charge < -0.3 is 52.5 Å². The lowest BCUT2D eigenvalue weighted by Crippen LogP contribution is -2.58. The molecule has 10 N–H and O–H groups in total. The van der Waals surface area contributed by atoms with E-state index in [1.807, 2.05) is 24.3 Å². The van der Waals surface area contributed by atoms with Crippen LogP contribution < -0.4 is 37.6 Å². The molecule has 0 radical (unpaired) electrons. The second-order valence-electron chi connectivity index (χ2n) is 16.0. The Hall–Kier alpha value is -6.37. The van der Waals surface area contributed by atoms with Crippen LogP contribution in [0.4, 0.5) is 0 Å². The zero-order valence-corrected chi connectivity index (χ0v) is 37.4. The summed E-state index contributed by atoms with van der Waals surface area (Å²) in [6, 6.07) is 1.63. The first-order valence-corrected chi connectivity index (χ1v) is 22.5. The minimum absolute atomic E-state index is 0.0155. The number of rotatable bonds is 23. The van der Waals surface area contributed by atoms with Gasteiger partial charge in [-0.3, -0.25) is 43.2 Å². The normalized spacial score (nSPS) is 19.7. The molecule has 0 unspecified atom stereocenters. The zero-order valence-electron chi connectivity index (χ0n) is 37.4. The summed E-state index contributed by atoms with van der Waals surface area (Å²) in [5, 5.41) is 25.7. The number of carbonyl (C=O) groups is 9. The summed E-state index contributed by atoms with van der Waals surface area (Å²) >= 11 is 0. The Bertz CT molecular complexity index is 2000. The molecule has 356 valence electrons. The Labute approximate surface area is 379 Å². The predicted octanol–water partition coefficient (Wildman–Crippen LogP) is 1.47. The quantitative estimate of drug-likeness (QED) is 0.0333. The number of carbonyl (C=O) groups excluding carboxylic acids is 9. The lowest BCUT2D eigenvalue weighted by atomic mass is 10.0. The number of cyclic esters (lactones) is 1. The highest BCUT2D eigenvalue weighted by Crippen LogP contribution is 2.19. The Morgan fingerprint density at radius 2 is 1.62 bits per heavy atom. The third kappa shape index (κ3) is 19.9. The van der Waals surface area contributed by atoms with E-state index in [1.54, 1.807) is 24.4 Å². The van der Waals surface area contributed by atoms with E-state index in [0.717, 1.165) is 43.0 Å². The fourth-order valence-corrected chi connectivity index (χ4v) is 6.99. The van der Waals surface area contributed by atoms with Crippen molar-refractivity contribution in [2.24, 2.45) is 5.73 Å². The zero-order chi connectivity index (χ0) is 47.6. The number of para-hydroxylation sites is 1. The van der Waals surface area contributed by atoms with Gasteiger partial charge in [-0.2, -0.15) is 0 Å². The number of aliphatic hydroxyl groups excluding tert-OH is 1. The van der Waals surface area contributed by atoms with E-state index in [1.165, 1.54) is 13.3 Å². The van der Waals surface area contributed by atoms with Crippen LogP contribution in [0.2, 0.25) is 0 Å². The van der Waals surface area contributed by atoms with Crippen molar-refractivity contribution in [2.75, 3.05) is 19.7 Å². The third-order valence-corrected chi connectivity index (χ3v) is 10.7. The Morgan fingerprint density at radius 3 is 2.35 bits per heavy atom. The minimum Gasteiger partial charge on any atom is -0.459 e. The second kappa shape index (κ2) is 29.1. The van der Waals surface area contributed by atoms with Gasteiger partial charge in [0.25, 0.3) is 0 Å². The van der Waals surface area contributed by atoms with Crippen LogP contribution in [-0.4, -0.2) is 113 Å². The van der Waals surface area contributed by atoms with Crippen LogP contribution in [0.25, 0.3) is 10.9 Å². The van der Waals surface area contributed by atoms with E-state index in [-0.39, 0.29) is 44.4 Å². The Kier molecular flexibility index (Phi) is 23.8. The van der Waals surface area contributed by atoms with Crippen molar-refractivity contribution < 1.29 is 53.0 Å². The van der Waals surface area contributed by atoms with Gasteiger partial charge in [0, 0.05) is 55.7 Å².